The molecule has 0 spiro atoms. The molecule has 0 radical (unpaired) electrons. The summed E-state index contributed by atoms with van der Waals surface area (Å²) >= 11 is 0. The maximum atomic E-state index is 11.2. The Morgan fingerprint density at radius 2 is 2.40 bits per heavy atom. The van der Waals surface area contributed by atoms with Gasteiger partial charge in [-0.2, -0.15) is 0 Å². The molecular weight excluding hydrogens is 147 g/mol. The minimum Gasteiger partial charge on any atom is -0.302 e. The molecule has 0 fully saturated rings. The van der Waals surface area contributed by atoms with Crippen molar-refractivity contribution in [3.63, 3.8) is 0 Å². The molecule has 0 saturated heterocycles. The van der Waals surface area contributed by atoms with Crippen molar-refractivity contribution in [2.24, 2.45) is 0 Å². The Bertz CT molecular complexity index is 261. The second kappa shape index (κ2) is 1.99. The summed E-state index contributed by atoms with van der Waals surface area (Å²) in [5.74, 6) is 3.96. The second-order valence-electron chi connectivity index (χ2n) is 2.57. The molecule has 0 bridgehead atoms. The summed E-state index contributed by atoms with van der Waals surface area (Å²) in [6.07, 6.45) is 6.80. The summed E-state index contributed by atoms with van der Waals surface area (Å²) in [6.45, 7) is 3.26. The van der Waals surface area contributed by atoms with E-state index in [1.165, 1.54) is 0 Å². The van der Waals surface area contributed by atoms with Gasteiger partial charge in [-0.3, -0.25) is 4.57 Å². The number of hydrogen-bond acceptors (Lipinski definition) is 2. The zero-order valence-corrected chi connectivity index (χ0v) is 6.89. The van der Waals surface area contributed by atoms with Crippen LogP contribution in [-0.4, -0.2) is 12.3 Å². The molecule has 2 unspecified atom stereocenters. The molecule has 0 amide bonds. The van der Waals surface area contributed by atoms with Gasteiger partial charge in [-0.25, -0.2) is 0 Å². The topological polar surface area (TPSA) is 26.3 Å². The van der Waals surface area contributed by atoms with Gasteiger partial charge in [0.05, 0.1) is 0 Å². The Kier molecular flexibility index (Phi) is 1.51. The van der Waals surface area contributed by atoms with Gasteiger partial charge >= 0.3 is 0 Å². The fourth-order valence-corrected chi connectivity index (χ4v) is 2.27. The Balaban J connectivity index is 2.92. The van der Waals surface area contributed by atoms with Crippen molar-refractivity contribution in [1.29, 1.82) is 0 Å². The quantitative estimate of drug-likeness (QED) is 0.395. The third-order valence-corrected chi connectivity index (χ3v) is 2.75. The van der Waals surface area contributed by atoms with Crippen LogP contribution in [-0.2, 0) is 9.09 Å². The lowest BCUT2D eigenvalue weighted by atomic mass is 10.1. The van der Waals surface area contributed by atoms with Crippen molar-refractivity contribution < 1.29 is 9.09 Å². The molecule has 54 valence electrons. The van der Waals surface area contributed by atoms with E-state index in [0.717, 1.165) is 0 Å². The summed E-state index contributed by atoms with van der Waals surface area (Å²) in [7, 11) is -2.50. The van der Waals surface area contributed by atoms with Crippen LogP contribution in [0, 0.1) is 12.3 Å². The van der Waals surface area contributed by atoms with Crippen LogP contribution in [0.4, 0.5) is 0 Å². The molecular formula is C7H9O2P. The Morgan fingerprint density at radius 1 is 1.80 bits per heavy atom. The minimum absolute atomic E-state index is 0.746. The molecule has 0 aromatic rings. The summed E-state index contributed by atoms with van der Waals surface area (Å²) in [5, 5.41) is 0. The minimum atomic E-state index is -2.50. The average molecular weight is 156 g/mol. The standard InChI is InChI=1S/C7H9O2P/c1-4-7(2)5-6-10(3,8)9-7/h1,5-6H,2-3H3. The van der Waals surface area contributed by atoms with Crippen LogP contribution in [0.15, 0.2) is 11.9 Å². The van der Waals surface area contributed by atoms with Gasteiger partial charge in [-0.05, 0) is 13.0 Å². The van der Waals surface area contributed by atoms with Gasteiger partial charge in [-0.15, -0.1) is 6.42 Å². The van der Waals surface area contributed by atoms with Gasteiger partial charge in [0.2, 0.25) is 7.37 Å². The fourth-order valence-electron chi connectivity index (χ4n) is 0.789. The lowest BCUT2D eigenvalue weighted by molar-refractivity contribution is 0.222. The third kappa shape index (κ3) is 1.31. The van der Waals surface area contributed by atoms with Crippen molar-refractivity contribution in [3.8, 4) is 12.3 Å². The van der Waals surface area contributed by atoms with Crippen molar-refractivity contribution in [2.45, 2.75) is 12.5 Å². The first-order valence-corrected chi connectivity index (χ1v) is 5.08. The first-order valence-electron chi connectivity index (χ1n) is 2.94. The molecule has 0 saturated carbocycles. The molecule has 10 heavy (non-hydrogen) atoms. The van der Waals surface area contributed by atoms with Crippen LogP contribution in [0.1, 0.15) is 6.92 Å². The summed E-state index contributed by atoms with van der Waals surface area (Å²) in [5.41, 5.74) is -0.746. The van der Waals surface area contributed by atoms with E-state index < -0.39 is 13.0 Å². The highest BCUT2D eigenvalue weighted by Gasteiger charge is 2.32. The summed E-state index contributed by atoms with van der Waals surface area (Å²) < 4.78 is 16.3. The molecule has 0 N–H and O–H groups in total. The molecule has 0 aliphatic carbocycles. The smallest absolute Gasteiger partial charge is 0.223 e. The van der Waals surface area contributed by atoms with E-state index in [9.17, 15) is 4.57 Å². The number of terminal acetylenes is 1. The maximum absolute atomic E-state index is 11.2. The van der Waals surface area contributed by atoms with Crippen LogP contribution < -0.4 is 0 Å². The van der Waals surface area contributed by atoms with E-state index in [4.69, 9.17) is 10.9 Å². The molecule has 2 nitrogen and oxygen atoms in total. The maximum Gasteiger partial charge on any atom is 0.223 e. The predicted octanol–water partition coefficient (Wildman–Crippen LogP) is 1.83. The zero-order valence-electron chi connectivity index (χ0n) is 6.00. The lowest BCUT2D eigenvalue weighted by Crippen LogP contribution is -2.17. The van der Waals surface area contributed by atoms with Gasteiger partial charge < -0.3 is 4.52 Å². The van der Waals surface area contributed by atoms with E-state index >= 15 is 0 Å². The van der Waals surface area contributed by atoms with E-state index in [0.29, 0.717) is 0 Å². The van der Waals surface area contributed by atoms with Gasteiger partial charge in [0.25, 0.3) is 0 Å². The fraction of sp³-hybridized carbons (Fsp3) is 0.429. The van der Waals surface area contributed by atoms with Crippen LogP contribution in [0.3, 0.4) is 0 Å². The number of hydrogen-bond donors (Lipinski definition) is 0. The van der Waals surface area contributed by atoms with Crippen LogP contribution in [0.2, 0.25) is 0 Å². The lowest BCUT2D eigenvalue weighted by Gasteiger charge is -2.15. The molecule has 2 atom stereocenters. The van der Waals surface area contributed by atoms with Crippen molar-refractivity contribution in [3.05, 3.63) is 11.9 Å². The molecule has 1 rings (SSSR count). The Hall–Kier alpha value is -0.510. The highest BCUT2D eigenvalue weighted by atomic mass is 31.2. The molecule has 0 aromatic heterocycles. The van der Waals surface area contributed by atoms with E-state index in [2.05, 4.69) is 5.92 Å². The summed E-state index contributed by atoms with van der Waals surface area (Å²) in [4.78, 5) is 0. The SMILES string of the molecule is C#CC1(C)C=CP(C)(=O)O1. The largest absolute Gasteiger partial charge is 0.302 e. The normalized spacial score (nSPS) is 45.3. The number of rotatable bonds is 0. The molecule has 1 heterocycles. The van der Waals surface area contributed by atoms with Crippen LogP contribution >= 0.6 is 7.37 Å². The summed E-state index contributed by atoms with van der Waals surface area (Å²) in [6, 6.07) is 0. The van der Waals surface area contributed by atoms with Gasteiger partial charge in [0, 0.05) is 12.5 Å². The van der Waals surface area contributed by atoms with Crippen LogP contribution in [0.25, 0.3) is 0 Å². The Morgan fingerprint density at radius 3 is 2.60 bits per heavy atom. The van der Waals surface area contributed by atoms with Gasteiger partial charge in [-0.1, -0.05) is 5.92 Å². The highest BCUT2D eigenvalue weighted by Crippen LogP contribution is 2.53. The van der Waals surface area contributed by atoms with Gasteiger partial charge in [0.1, 0.15) is 0 Å². The third-order valence-electron chi connectivity index (χ3n) is 1.32. The van der Waals surface area contributed by atoms with Crippen molar-refractivity contribution in [2.75, 3.05) is 6.66 Å². The monoisotopic (exact) mass is 156 g/mol. The second-order valence-corrected chi connectivity index (χ2v) is 4.87. The molecule has 0 aromatic carbocycles. The molecule has 1 aliphatic heterocycles. The molecule has 1 aliphatic rings. The van der Waals surface area contributed by atoms with Gasteiger partial charge in [0.15, 0.2) is 5.60 Å². The van der Waals surface area contributed by atoms with Crippen molar-refractivity contribution >= 4 is 7.37 Å². The molecule has 3 heteroatoms. The zero-order chi connectivity index (χ0) is 7.83. The first kappa shape index (κ1) is 7.60. The van der Waals surface area contributed by atoms with E-state index in [1.54, 1.807) is 25.5 Å². The Labute approximate surface area is 60.7 Å². The van der Waals surface area contributed by atoms with E-state index in [-0.39, 0.29) is 0 Å². The first-order chi connectivity index (χ1) is 4.47. The van der Waals surface area contributed by atoms with Crippen molar-refractivity contribution in [1.82, 2.24) is 0 Å². The predicted molar refractivity (Wildman–Crippen MR) is 41.0 cm³/mol. The highest BCUT2D eigenvalue weighted by molar-refractivity contribution is 7.61. The van der Waals surface area contributed by atoms with Crippen LogP contribution in [0.5, 0.6) is 0 Å². The van der Waals surface area contributed by atoms with E-state index in [1.807, 2.05) is 0 Å². The average Bonchev–Trinajstić information content (AvgIpc) is 2.08.